The van der Waals surface area contributed by atoms with E-state index in [-0.39, 0.29) is 30.5 Å². The van der Waals surface area contributed by atoms with Gasteiger partial charge in [-0.1, -0.05) is 16.5 Å². The number of amides is 2. The number of aromatic nitrogens is 3. The Morgan fingerprint density at radius 1 is 1.31 bits per heavy atom. The van der Waals surface area contributed by atoms with Gasteiger partial charge in [-0.3, -0.25) is 10.2 Å². The second-order valence-corrected chi connectivity index (χ2v) is 8.74. The SMILES string of the molecule is CNC(=O)Nc1nc2c(s1)C1CN(CCO)CC(C2)N1c1nc(-c2ccc(F)cc2)no1. The highest BCUT2D eigenvalue weighted by molar-refractivity contribution is 7.16. The number of urea groups is 1. The second kappa shape index (κ2) is 8.45. The summed E-state index contributed by atoms with van der Waals surface area (Å²) < 4.78 is 18.9. The van der Waals surface area contributed by atoms with Crippen LogP contribution in [0.5, 0.6) is 0 Å². The molecule has 0 radical (unpaired) electrons. The molecule has 3 N–H and O–H groups in total. The number of piperazine rings is 1. The van der Waals surface area contributed by atoms with Gasteiger partial charge in [0.05, 0.1) is 29.3 Å². The molecule has 3 aromatic rings. The number of fused-ring (bicyclic) bond motifs is 4. The third-order valence-electron chi connectivity index (χ3n) is 5.69. The summed E-state index contributed by atoms with van der Waals surface area (Å²) in [6.45, 7) is 2.01. The van der Waals surface area contributed by atoms with Crippen molar-refractivity contribution in [1.82, 2.24) is 25.3 Å². The van der Waals surface area contributed by atoms with Gasteiger partial charge in [0.2, 0.25) is 5.82 Å². The van der Waals surface area contributed by atoms with Gasteiger partial charge < -0.3 is 19.8 Å². The zero-order valence-electron chi connectivity index (χ0n) is 17.3. The maximum atomic E-state index is 13.3. The lowest BCUT2D eigenvalue weighted by molar-refractivity contribution is 0.139. The average Bonchev–Trinajstić information content (AvgIpc) is 3.41. The highest BCUT2D eigenvalue weighted by Crippen LogP contribution is 2.43. The number of aliphatic hydroxyl groups is 1. The van der Waals surface area contributed by atoms with E-state index < -0.39 is 0 Å². The van der Waals surface area contributed by atoms with Crippen LogP contribution in [0.2, 0.25) is 0 Å². The number of nitrogens with one attached hydrogen (secondary N) is 2. The summed E-state index contributed by atoms with van der Waals surface area (Å²) in [4.78, 5) is 26.3. The van der Waals surface area contributed by atoms with Crippen molar-refractivity contribution >= 4 is 28.5 Å². The first kappa shape index (κ1) is 20.8. The number of nitrogens with zero attached hydrogens (tertiary/aromatic N) is 5. The summed E-state index contributed by atoms with van der Waals surface area (Å²) in [5, 5.41) is 19.4. The highest BCUT2D eigenvalue weighted by atomic mass is 32.1. The zero-order chi connectivity index (χ0) is 22.2. The van der Waals surface area contributed by atoms with Crippen molar-refractivity contribution in [2.24, 2.45) is 0 Å². The molecule has 2 aliphatic heterocycles. The molecule has 0 saturated carbocycles. The number of rotatable bonds is 5. The molecule has 1 aromatic carbocycles. The topological polar surface area (TPSA) is 120 Å². The van der Waals surface area contributed by atoms with Crippen molar-refractivity contribution in [1.29, 1.82) is 0 Å². The molecule has 2 amide bonds. The Morgan fingerprint density at radius 2 is 2.12 bits per heavy atom. The number of carbonyl (C=O) groups is 1. The van der Waals surface area contributed by atoms with Gasteiger partial charge in [0.25, 0.3) is 0 Å². The van der Waals surface area contributed by atoms with E-state index in [2.05, 4.69) is 35.6 Å². The molecule has 168 valence electrons. The number of halogens is 1. The molecule has 2 aliphatic rings. The van der Waals surface area contributed by atoms with Crippen LogP contribution in [-0.2, 0) is 6.42 Å². The van der Waals surface area contributed by atoms with E-state index in [9.17, 15) is 14.3 Å². The van der Waals surface area contributed by atoms with Crippen LogP contribution in [0.3, 0.4) is 0 Å². The third kappa shape index (κ3) is 3.80. The smallest absolute Gasteiger partial charge is 0.325 e. The number of anilines is 2. The molecule has 10 nitrogen and oxygen atoms in total. The minimum atomic E-state index is -0.328. The minimum absolute atomic E-state index is 0.0178. The van der Waals surface area contributed by atoms with Crippen molar-refractivity contribution in [3.63, 3.8) is 0 Å². The first-order valence-corrected chi connectivity index (χ1v) is 11.1. The lowest BCUT2D eigenvalue weighted by atomic mass is 9.93. The van der Waals surface area contributed by atoms with Crippen LogP contribution in [-0.4, -0.2) is 70.5 Å². The van der Waals surface area contributed by atoms with Gasteiger partial charge >= 0.3 is 12.0 Å². The molecule has 5 rings (SSSR count). The summed E-state index contributed by atoms with van der Waals surface area (Å²) in [5.41, 5.74) is 1.62. The molecule has 32 heavy (non-hydrogen) atoms. The lowest BCUT2D eigenvalue weighted by Crippen LogP contribution is -2.58. The molecule has 1 saturated heterocycles. The predicted molar refractivity (Wildman–Crippen MR) is 116 cm³/mol. The molecule has 12 heteroatoms. The number of hydrogen-bond acceptors (Lipinski definition) is 9. The summed E-state index contributed by atoms with van der Waals surface area (Å²) in [5.74, 6) is 0.0632. The molecule has 2 unspecified atom stereocenters. The normalized spacial score (nSPS) is 20.2. The standard InChI is InChI=1S/C20H22FN7O3S/c1-22-18(30)25-19-23-14-8-13-9-27(6-7-29)10-15(16(14)32-19)28(13)20-24-17(26-31-20)11-2-4-12(21)5-3-11/h2-5,13,15,29H,6-10H2,1H3,(H2,22,23,25,30). The van der Waals surface area contributed by atoms with Crippen LogP contribution in [0.25, 0.3) is 11.4 Å². The average molecular weight is 460 g/mol. The van der Waals surface area contributed by atoms with Crippen LogP contribution in [0.15, 0.2) is 28.8 Å². The van der Waals surface area contributed by atoms with Gasteiger partial charge in [-0.2, -0.15) is 4.98 Å². The molecule has 0 aliphatic carbocycles. The van der Waals surface area contributed by atoms with Crippen molar-refractivity contribution in [2.75, 3.05) is 43.5 Å². The van der Waals surface area contributed by atoms with Crippen LogP contribution in [0.1, 0.15) is 16.6 Å². The summed E-state index contributed by atoms with van der Waals surface area (Å²) in [7, 11) is 1.55. The van der Waals surface area contributed by atoms with Crippen LogP contribution >= 0.6 is 11.3 Å². The maximum Gasteiger partial charge on any atom is 0.325 e. The summed E-state index contributed by atoms with van der Waals surface area (Å²) >= 11 is 1.43. The fourth-order valence-corrected chi connectivity index (χ4v) is 5.35. The lowest BCUT2D eigenvalue weighted by Gasteiger charge is -2.48. The molecule has 2 bridgehead atoms. The van der Waals surface area contributed by atoms with Crippen molar-refractivity contribution < 1.29 is 18.8 Å². The largest absolute Gasteiger partial charge is 0.395 e. The van der Waals surface area contributed by atoms with E-state index in [4.69, 9.17) is 4.52 Å². The van der Waals surface area contributed by atoms with Crippen LogP contribution in [0, 0.1) is 5.82 Å². The number of hydrogen-bond donors (Lipinski definition) is 3. The zero-order valence-corrected chi connectivity index (χ0v) is 18.1. The second-order valence-electron chi connectivity index (χ2n) is 7.71. The van der Waals surface area contributed by atoms with E-state index in [1.54, 1.807) is 19.2 Å². The van der Waals surface area contributed by atoms with E-state index in [0.717, 1.165) is 10.6 Å². The molecule has 2 aromatic heterocycles. The van der Waals surface area contributed by atoms with Gasteiger partial charge in [-0.05, 0) is 24.3 Å². The van der Waals surface area contributed by atoms with Gasteiger partial charge in [-0.25, -0.2) is 14.2 Å². The van der Waals surface area contributed by atoms with Gasteiger partial charge in [-0.15, -0.1) is 0 Å². The highest BCUT2D eigenvalue weighted by Gasteiger charge is 2.44. The van der Waals surface area contributed by atoms with Crippen LogP contribution < -0.4 is 15.5 Å². The Labute approximate surface area is 187 Å². The van der Waals surface area contributed by atoms with E-state index >= 15 is 0 Å². The number of carbonyl (C=O) groups excluding carboxylic acids is 1. The summed E-state index contributed by atoms with van der Waals surface area (Å²) in [6.07, 6.45) is 0.647. The number of thiazole rings is 1. The molecule has 0 spiro atoms. The monoisotopic (exact) mass is 459 g/mol. The molecular formula is C20H22FN7O3S. The van der Waals surface area contributed by atoms with Crippen molar-refractivity contribution in [2.45, 2.75) is 18.5 Å². The van der Waals surface area contributed by atoms with Gasteiger partial charge in [0.1, 0.15) is 5.82 Å². The Balaban J connectivity index is 1.48. The number of β-amino-alcohol motifs (C(OH)–C–C–N with tert-alkyl or cyclic N) is 1. The Kier molecular flexibility index (Phi) is 5.49. The first-order chi connectivity index (χ1) is 15.6. The van der Waals surface area contributed by atoms with Crippen LogP contribution in [0.4, 0.5) is 20.3 Å². The van der Waals surface area contributed by atoms with Crippen molar-refractivity contribution in [3.05, 3.63) is 40.7 Å². The van der Waals surface area contributed by atoms with E-state index in [1.807, 2.05) is 0 Å². The quantitative estimate of drug-likeness (QED) is 0.529. The first-order valence-electron chi connectivity index (χ1n) is 10.2. The minimum Gasteiger partial charge on any atom is -0.395 e. The summed E-state index contributed by atoms with van der Waals surface area (Å²) in [6, 6.07) is 5.93. The molecular weight excluding hydrogens is 437 g/mol. The van der Waals surface area contributed by atoms with Gasteiger partial charge in [0.15, 0.2) is 5.13 Å². The van der Waals surface area contributed by atoms with E-state index in [1.165, 1.54) is 23.5 Å². The number of benzene rings is 1. The Hall–Kier alpha value is -3.09. The van der Waals surface area contributed by atoms with Gasteiger partial charge in [0, 0.05) is 38.7 Å². The molecule has 1 fully saturated rings. The fourth-order valence-electron chi connectivity index (χ4n) is 4.28. The maximum absolute atomic E-state index is 13.3. The predicted octanol–water partition coefficient (Wildman–Crippen LogP) is 1.86. The fraction of sp³-hybridized carbons (Fsp3) is 0.400. The molecule has 2 atom stereocenters. The Bertz CT molecular complexity index is 1120. The third-order valence-corrected chi connectivity index (χ3v) is 6.81. The van der Waals surface area contributed by atoms with Crippen molar-refractivity contribution in [3.8, 4) is 11.4 Å². The van der Waals surface area contributed by atoms with E-state index in [0.29, 0.717) is 48.6 Å². The number of aliphatic hydroxyl groups excluding tert-OH is 1. The molecule has 4 heterocycles. The Morgan fingerprint density at radius 3 is 2.88 bits per heavy atom.